The summed E-state index contributed by atoms with van der Waals surface area (Å²) in [6.07, 6.45) is -0.120. The molecule has 1 fully saturated rings. The van der Waals surface area contributed by atoms with E-state index in [0.717, 1.165) is 5.56 Å². The molecule has 12 heteroatoms. The second kappa shape index (κ2) is 9.33. The molecule has 39 heavy (non-hydrogen) atoms. The third kappa shape index (κ3) is 3.78. The smallest absolute Gasteiger partial charge is 0.255 e. The highest BCUT2D eigenvalue weighted by Gasteiger charge is 2.64. The zero-order valence-electron chi connectivity index (χ0n) is 20.6. The van der Waals surface area contributed by atoms with E-state index in [2.05, 4.69) is 0 Å². The first-order valence-corrected chi connectivity index (χ1v) is 13.3. The molecule has 0 radical (unpaired) electrons. The van der Waals surface area contributed by atoms with Crippen LogP contribution in [0.3, 0.4) is 0 Å². The van der Waals surface area contributed by atoms with Gasteiger partial charge in [-0.3, -0.25) is 14.4 Å². The molecule has 0 bridgehead atoms. The van der Waals surface area contributed by atoms with Gasteiger partial charge >= 0.3 is 0 Å². The number of aromatic hydroxyl groups is 1. The largest absolute Gasteiger partial charge is 0.508 e. The van der Waals surface area contributed by atoms with Crippen molar-refractivity contribution in [1.82, 2.24) is 0 Å². The third-order valence-corrected chi connectivity index (χ3v) is 9.12. The molecule has 1 amide bonds. The van der Waals surface area contributed by atoms with Gasteiger partial charge in [-0.1, -0.05) is 30.3 Å². The summed E-state index contributed by atoms with van der Waals surface area (Å²) in [4.78, 5) is 38.8. The number of fused-ring (bicyclic) bond motifs is 3. The van der Waals surface area contributed by atoms with E-state index in [1.54, 1.807) is 0 Å². The van der Waals surface area contributed by atoms with Gasteiger partial charge in [0.25, 0.3) is 5.91 Å². The van der Waals surface area contributed by atoms with Crippen LogP contribution in [0.2, 0.25) is 0 Å². The number of nitrogens with two attached hydrogens (primary N) is 4. The molecule has 5 atom stereocenters. The normalized spacial score (nSPS) is 28.2. The number of phenols is 1. The quantitative estimate of drug-likeness (QED) is 0.113. The topological polar surface area (TPSA) is 236 Å². The highest BCUT2D eigenvalue weighted by Crippen LogP contribution is 2.57. The molecule has 5 rings (SSSR count). The fourth-order valence-corrected chi connectivity index (χ4v) is 7.32. The summed E-state index contributed by atoms with van der Waals surface area (Å²) in [5, 5.41) is 44.6. The van der Waals surface area contributed by atoms with Gasteiger partial charge in [0.1, 0.15) is 22.8 Å². The van der Waals surface area contributed by atoms with Gasteiger partial charge in [-0.25, -0.2) is 0 Å². The summed E-state index contributed by atoms with van der Waals surface area (Å²) < 4.78 is 0. The van der Waals surface area contributed by atoms with E-state index in [0.29, 0.717) is 17.1 Å². The number of thioether (sulfide) groups is 1. The first kappa shape index (κ1) is 26.6. The number of phenolic OH excluding ortho intramolecular Hbond substituents is 1. The number of aliphatic hydroxyl groups is 3. The van der Waals surface area contributed by atoms with Crippen molar-refractivity contribution in [3.63, 3.8) is 0 Å². The Bertz CT molecular complexity index is 1490. The molecule has 12 N–H and O–H groups in total. The molecule has 2 aromatic rings. The molecule has 0 saturated heterocycles. The summed E-state index contributed by atoms with van der Waals surface area (Å²) >= 11 is 1.52. The predicted molar refractivity (Wildman–Crippen MR) is 145 cm³/mol. The van der Waals surface area contributed by atoms with E-state index in [-0.39, 0.29) is 28.9 Å². The van der Waals surface area contributed by atoms with E-state index >= 15 is 0 Å². The maximum Gasteiger partial charge on any atom is 0.255 e. The van der Waals surface area contributed by atoms with Crippen LogP contribution in [0.4, 0.5) is 11.4 Å². The van der Waals surface area contributed by atoms with Crippen molar-refractivity contribution >= 4 is 46.4 Å². The number of carbonyl (C=O) groups is 3. The van der Waals surface area contributed by atoms with E-state index in [1.807, 2.05) is 30.3 Å². The lowest BCUT2D eigenvalue weighted by atomic mass is 9.56. The number of amides is 1. The van der Waals surface area contributed by atoms with Crippen LogP contribution in [-0.2, 0) is 20.1 Å². The number of nitrogen functional groups attached to an aromatic ring is 2. The van der Waals surface area contributed by atoms with Crippen molar-refractivity contribution in [2.45, 2.75) is 29.7 Å². The number of primary amides is 1. The van der Waals surface area contributed by atoms with E-state index < -0.39 is 69.7 Å². The van der Waals surface area contributed by atoms with Gasteiger partial charge in [-0.05, 0) is 29.5 Å². The molecular formula is C27H28N4O7S. The number of benzene rings is 2. The average molecular weight is 553 g/mol. The van der Waals surface area contributed by atoms with Crippen LogP contribution in [0.15, 0.2) is 53.3 Å². The number of hydrogen-bond acceptors (Lipinski definition) is 11. The van der Waals surface area contributed by atoms with Crippen LogP contribution < -0.4 is 22.9 Å². The lowest BCUT2D eigenvalue weighted by Gasteiger charge is -2.50. The minimum atomic E-state index is -2.79. The Balaban J connectivity index is 1.67. The van der Waals surface area contributed by atoms with Crippen molar-refractivity contribution < 1.29 is 34.8 Å². The lowest BCUT2D eigenvalue weighted by Crippen LogP contribution is -2.65. The Labute approximate surface area is 227 Å². The number of anilines is 2. The average Bonchev–Trinajstić information content (AvgIpc) is 2.89. The fourth-order valence-electron chi connectivity index (χ4n) is 6.12. The fraction of sp³-hybridized carbons (Fsp3) is 0.296. The minimum Gasteiger partial charge on any atom is -0.508 e. The maximum atomic E-state index is 14.0. The number of rotatable bonds is 5. The van der Waals surface area contributed by atoms with Gasteiger partial charge in [-0.15, -0.1) is 0 Å². The Morgan fingerprint density at radius 3 is 2.38 bits per heavy atom. The first-order valence-electron chi connectivity index (χ1n) is 12.2. The van der Waals surface area contributed by atoms with Gasteiger partial charge in [0.15, 0.2) is 11.4 Å². The van der Waals surface area contributed by atoms with Crippen LogP contribution in [0, 0.1) is 11.8 Å². The third-order valence-electron chi connectivity index (χ3n) is 7.99. The summed E-state index contributed by atoms with van der Waals surface area (Å²) in [7, 11) is 0. The molecule has 1 saturated carbocycles. The van der Waals surface area contributed by atoms with Gasteiger partial charge in [0.2, 0.25) is 5.78 Å². The molecule has 204 valence electrons. The predicted octanol–water partition coefficient (Wildman–Crippen LogP) is 1.000. The monoisotopic (exact) mass is 552 g/mol. The second-order valence-electron chi connectivity index (χ2n) is 10.1. The summed E-state index contributed by atoms with van der Waals surface area (Å²) in [5.41, 5.74) is 20.9. The van der Waals surface area contributed by atoms with Crippen LogP contribution in [0.25, 0.3) is 5.76 Å². The maximum absolute atomic E-state index is 14.0. The molecule has 11 nitrogen and oxygen atoms in total. The second-order valence-corrected chi connectivity index (χ2v) is 11.1. The highest BCUT2D eigenvalue weighted by molar-refractivity contribution is 7.98. The highest BCUT2D eigenvalue weighted by atomic mass is 32.2. The standard InChI is InChI=1S/C27H28N4O7S/c28-14-7-15(29)21(32)18-16(14)12(9-39-8-10-4-2-1-3-5-10)11-6-13-20(30)23(34)19(26(31)37)25(36)27(13,38)24(35)17(11)22(18)33/h1-5,7,11-13,20,32-33,36,38H,6,8-9,28-30H2,(H2,31,37)/t11-,12-,13+,20+,27+/m1/s1. The number of aliphatic hydroxyl groups excluding tert-OH is 2. The molecule has 0 unspecified atom stereocenters. The summed E-state index contributed by atoms with van der Waals surface area (Å²) in [5.74, 6) is -7.57. The first-order chi connectivity index (χ1) is 18.4. The molecule has 0 aromatic heterocycles. The zero-order chi connectivity index (χ0) is 28.4. The molecule has 3 aliphatic carbocycles. The van der Waals surface area contributed by atoms with Gasteiger partial charge in [0, 0.05) is 34.6 Å². The van der Waals surface area contributed by atoms with Crippen molar-refractivity contribution in [2.75, 3.05) is 17.2 Å². The molecule has 0 spiro atoms. The summed E-state index contributed by atoms with van der Waals surface area (Å²) in [6.45, 7) is 0. The number of Topliss-reactive ketones (excluding diaryl/α,β-unsaturated/α-hetero) is 2. The Morgan fingerprint density at radius 1 is 1.08 bits per heavy atom. The van der Waals surface area contributed by atoms with Crippen LogP contribution in [-0.4, -0.2) is 55.3 Å². The van der Waals surface area contributed by atoms with Crippen LogP contribution >= 0.6 is 11.8 Å². The minimum absolute atomic E-state index is 0.120. The van der Waals surface area contributed by atoms with Gasteiger partial charge in [0.05, 0.1) is 17.3 Å². The Morgan fingerprint density at radius 2 is 1.74 bits per heavy atom. The van der Waals surface area contributed by atoms with E-state index in [1.165, 1.54) is 17.8 Å². The molecule has 2 aromatic carbocycles. The van der Waals surface area contributed by atoms with Gasteiger partial charge in [-0.2, -0.15) is 11.8 Å². The van der Waals surface area contributed by atoms with E-state index in [4.69, 9.17) is 22.9 Å². The van der Waals surface area contributed by atoms with E-state index in [9.17, 15) is 34.8 Å². The zero-order valence-corrected chi connectivity index (χ0v) is 21.4. The molecule has 0 heterocycles. The molecule has 0 aliphatic heterocycles. The van der Waals surface area contributed by atoms with Gasteiger partial charge < -0.3 is 43.4 Å². The Hall–Kier alpha value is -4.00. The Kier molecular flexibility index (Phi) is 6.36. The number of ketones is 2. The molecular weight excluding hydrogens is 524 g/mol. The van der Waals surface area contributed by atoms with Crippen LogP contribution in [0.1, 0.15) is 29.0 Å². The summed E-state index contributed by atoms with van der Waals surface area (Å²) in [6, 6.07) is 9.47. The van der Waals surface area contributed by atoms with Crippen LogP contribution in [0.5, 0.6) is 5.75 Å². The lowest BCUT2D eigenvalue weighted by molar-refractivity contribution is -0.149. The molecule has 3 aliphatic rings. The number of hydrogen-bond donors (Lipinski definition) is 8. The van der Waals surface area contributed by atoms with Crippen molar-refractivity contribution in [3.05, 3.63) is 70.0 Å². The SMILES string of the molecule is NC(=O)C1=C(O)[C@@]2(O)C(=O)C3=C(O)c4c(O)c(N)cc(N)c4[C@H](CSCc4ccccc4)[C@H]3C[C@H]2[C@H](N)C1=O. The van der Waals surface area contributed by atoms with Crippen molar-refractivity contribution in [3.8, 4) is 5.75 Å². The van der Waals surface area contributed by atoms with Crippen molar-refractivity contribution in [2.24, 2.45) is 23.3 Å². The number of carbonyl (C=O) groups excluding carboxylic acids is 3. The van der Waals surface area contributed by atoms with Crippen molar-refractivity contribution in [1.29, 1.82) is 0 Å².